The second kappa shape index (κ2) is 14.3. The summed E-state index contributed by atoms with van der Waals surface area (Å²) in [4.78, 5) is 15.5. The molecule has 4 nitrogen and oxygen atoms in total. The number of rotatable bonds is 5. The van der Waals surface area contributed by atoms with Crippen molar-refractivity contribution in [3.8, 4) is 39.5 Å². The average molecular weight is 821 g/mol. The van der Waals surface area contributed by atoms with E-state index in [2.05, 4.69) is 228 Å². The topological polar surface area (TPSA) is 34.0 Å². The summed E-state index contributed by atoms with van der Waals surface area (Å²) in [6, 6.07) is 78.6. The fourth-order valence-corrected chi connectivity index (χ4v) is 10.8. The first-order chi connectivity index (χ1) is 31.2. The third-order valence-corrected chi connectivity index (χ3v) is 13.7. The Hall–Kier alpha value is -7.99. The van der Waals surface area contributed by atoms with Crippen LogP contribution in [-0.4, -0.2) is 14.5 Å². The quantitative estimate of drug-likeness (QED) is 0.173. The summed E-state index contributed by atoms with van der Waals surface area (Å²) in [6.07, 6.45) is 0. The molecule has 0 radical (unpaired) electrons. The molecular weight excluding hydrogens is 785 g/mol. The minimum absolute atomic E-state index is 0.694. The van der Waals surface area contributed by atoms with Crippen molar-refractivity contribution in [2.45, 2.75) is 9.79 Å². The molecule has 0 saturated carbocycles. The zero-order valence-corrected chi connectivity index (χ0v) is 34.8. The summed E-state index contributed by atoms with van der Waals surface area (Å²) < 4.78 is 2.46. The minimum atomic E-state index is 0.694. The van der Waals surface area contributed by atoms with Crippen molar-refractivity contribution in [3.63, 3.8) is 0 Å². The van der Waals surface area contributed by atoms with Crippen molar-refractivity contribution in [1.29, 1.82) is 0 Å². The number of hydrogen-bond acceptors (Lipinski definition) is 4. The van der Waals surface area contributed by atoms with E-state index in [0.29, 0.717) is 5.82 Å². The smallest absolute Gasteiger partial charge is 0.160 e. The number of benzene rings is 10. The van der Waals surface area contributed by atoms with Crippen LogP contribution < -0.4 is 4.90 Å². The van der Waals surface area contributed by atoms with Gasteiger partial charge in [0.15, 0.2) is 5.82 Å². The first-order valence-corrected chi connectivity index (χ1v) is 22.1. The van der Waals surface area contributed by atoms with Crippen molar-refractivity contribution in [3.05, 3.63) is 218 Å². The Labute approximate surface area is 368 Å². The molecular formula is C58H36N4S. The molecule has 12 aromatic rings. The highest BCUT2D eigenvalue weighted by Gasteiger charge is 2.26. The number of hydrogen-bond donors (Lipinski definition) is 0. The van der Waals surface area contributed by atoms with Crippen LogP contribution in [0.1, 0.15) is 0 Å². The van der Waals surface area contributed by atoms with Gasteiger partial charge >= 0.3 is 0 Å². The molecule has 0 unspecified atom stereocenters. The van der Waals surface area contributed by atoms with Gasteiger partial charge in [-0.3, -0.25) is 0 Å². The number of anilines is 3. The molecule has 0 saturated heterocycles. The van der Waals surface area contributed by atoms with Gasteiger partial charge in [0.2, 0.25) is 0 Å². The largest absolute Gasteiger partial charge is 0.309 e. The van der Waals surface area contributed by atoms with Crippen molar-refractivity contribution >= 4 is 83.1 Å². The Bertz CT molecular complexity index is 3790. The van der Waals surface area contributed by atoms with E-state index in [1.165, 1.54) is 64.6 Å². The maximum atomic E-state index is 5.40. The molecule has 0 amide bonds. The summed E-state index contributed by atoms with van der Waals surface area (Å²) in [5.41, 5.74) is 13.1. The molecule has 63 heavy (non-hydrogen) atoms. The van der Waals surface area contributed by atoms with Crippen LogP contribution in [-0.2, 0) is 0 Å². The van der Waals surface area contributed by atoms with Gasteiger partial charge in [0.25, 0.3) is 0 Å². The second-order valence-corrected chi connectivity index (χ2v) is 17.2. The molecule has 0 bridgehead atoms. The molecule has 0 atom stereocenters. The molecule has 3 heterocycles. The Kier molecular flexibility index (Phi) is 8.11. The monoisotopic (exact) mass is 820 g/mol. The van der Waals surface area contributed by atoms with E-state index in [1.54, 1.807) is 0 Å². The number of nitrogens with zero attached hydrogens (tertiary/aromatic N) is 4. The van der Waals surface area contributed by atoms with Gasteiger partial charge < -0.3 is 9.47 Å². The summed E-state index contributed by atoms with van der Waals surface area (Å²) in [5, 5.41) is 8.31. The van der Waals surface area contributed by atoms with E-state index in [-0.39, 0.29) is 0 Å². The van der Waals surface area contributed by atoms with Crippen LogP contribution >= 0.6 is 11.8 Å². The zero-order chi connectivity index (χ0) is 41.4. The number of para-hydroxylation sites is 4. The standard InChI is InChI=1S/C58H36N4S/c1-2-19-41(20-3-1)61-50-29-10-11-30-53(50)63-54-36-39(32-33-51(54)61)45-25-14-27-48-55-44-23-7-5-16-38(44)31-34-52(55)62(57(45)48)42-21-12-18-40(35-42)58-59-49-28-9-8-24-47(49)56(60-58)46-26-13-17-37-15-4-6-22-43(37)46/h1-36H. The SMILES string of the molecule is c1ccc(N2c3ccccc3Sc3cc(-c4cccc5c6c7ccccc7ccc6n(-c6cccc(-c7nc(-c8cccc9ccccc89)c8ccccc8n7)c6)c45)ccc32)cc1. The van der Waals surface area contributed by atoms with Gasteiger partial charge in [-0.1, -0.05) is 169 Å². The lowest BCUT2D eigenvalue weighted by Gasteiger charge is -2.33. The Balaban J connectivity index is 1.03. The molecule has 0 N–H and O–H groups in total. The van der Waals surface area contributed by atoms with Gasteiger partial charge in [0, 0.05) is 54.0 Å². The summed E-state index contributed by atoms with van der Waals surface area (Å²) in [7, 11) is 0. The molecule has 10 aromatic carbocycles. The number of fused-ring (bicyclic) bond motifs is 9. The summed E-state index contributed by atoms with van der Waals surface area (Å²) >= 11 is 1.84. The van der Waals surface area contributed by atoms with Crippen LogP contribution in [0.25, 0.3) is 93.7 Å². The van der Waals surface area contributed by atoms with Gasteiger partial charge in [-0.25, -0.2) is 9.97 Å². The lowest BCUT2D eigenvalue weighted by atomic mass is 9.99. The predicted octanol–water partition coefficient (Wildman–Crippen LogP) is 16.0. The van der Waals surface area contributed by atoms with Crippen LogP contribution in [0, 0.1) is 0 Å². The zero-order valence-electron chi connectivity index (χ0n) is 34.0. The van der Waals surface area contributed by atoms with Crippen molar-refractivity contribution in [2.75, 3.05) is 4.90 Å². The predicted molar refractivity (Wildman–Crippen MR) is 264 cm³/mol. The summed E-state index contributed by atoms with van der Waals surface area (Å²) in [5.74, 6) is 0.694. The van der Waals surface area contributed by atoms with E-state index in [0.717, 1.165) is 50.1 Å². The first kappa shape index (κ1) is 35.7. The normalized spacial score (nSPS) is 12.3. The maximum absolute atomic E-state index is 5.40. The highest BCUT2D eigenvalue weighted by atomic mass is 32.2. The lowest BCUT2D eigenvalue weighted by molar-refractivity contribution is 1.16. The van der Waals surface area contributed by atoms with E-state index in [1.807, 2.05) is 11.8 Å². The Morgan fingerprint density at radius 2 is 1.06 bits per heavy atom. The van der Waals surface area contributed by atoms with Gasteiger partial charge in [0.05, 0.1) is 33.6 Å². The van der Waals surface area contributed by atoms with E-state index >= 15 is 0 Å². The lowest BCUT2D eigenvalue weighted by Crippen LogP contribution is -2.14. The molecule has 294 valence electrons. The van der Waals surface area contributed by atoms with Gasteiger partial charge in [-0.15, -0.1) is 0 Å². The van der Waals surface area contributed by atoms with Crippen molar-refractivity contribution < 1.29 is 0 Å². The maximum Gasteiger partial charge on any atom is 0.160 e. The van der Waals surface area contributed by atoms with Gasteiger partial charge in [0.1, 0.15) is 0 Å². The van der Waals surface area contributed by atoms with Gasteiger partial charge in [-0.05, 0) is 87.8 Å². The first-order valence-electron chi connectivity index (χ1n) is 21.3. The number of aromatic nitrogens is 3. The molecule has 0 spiro atoms. The van der Waals surface area contributed by atoms with Crippen LogP contribution in [0.15, 0.2) is 228 Å². The minimum Gasteiger partial charge on any atom is -0.309 e. The van der Waals surface area contributed by atoms with Crippen molar-refractivity contribution in [2.24, 2.45) is 0 Å². The van der Waals surface area contributed by atoms with Gasteiger partial charge in [-0.2, -0.15) is 0 Å². The third-order valence-electron chi connectivity index (χ3n) is 12.5. The van der Waals surface area contributed by atoms with Crippen LogP contribution in [0.4, 0.5) is 17.1 Å². The fourth-order valence-electron chi connectivity index (χ4n) is 9.74. The molecule has 1 aliphatic heterocycles. The summed E-state index contributed by atoms with van der Waals surface area (Å²) in [6.45, 7) is 0. The fraction of sp³-hybridized carbons (Fsp3) is 0. The van der Waals surface area contributed by atoms with E-state index < -0.39 is 0 Å². The van der Waals surface area contributed by atoms with E-state index in [4.69, 9.17) is 9.97 Å². The second-order valence-electron chi connectivity index (χ2n) is 16.1. The van der Waals surface area contributed by atoms with Crippen molar-refractivity contribution in [1.82, 2.24) is 14.5 Å². The highest BCUT2D eigenvalue weighted by molar-refractivity contribution is 7.99. The Morgan fingerprint density at radius 3 is 1.97 bits per heavy atom. The van der Waals surface area contributed by atoms with E-state index in [9.17, 15) is 0 Å². The molecule has 13 rings (SSSR count). The molecule has 2 aromatic heterocycles. The third kappa shape index (κ3) is 5.71. The molecule has 5 heteroatoms. The van der Waals surface area contributed by atoms with Crippen LogP contribution in [0.5, 0.6) is 0 Å². The average Bonchev–Trinajstić information content (AvgIpc) is 3.70. The molecule has 0 fully saturated rings. The highest BCUT2D eigenvalue weighted by Crippen LogP contribution is 2.53. The molecule has 0 aliphatic carbocycles. The van der Waals surface area contributed by atoms with Crippen LogP contribution in [0.2, 0.25) is 0 Å². The molecule has 1 aliphatic rings. The Morgan fingerprint density at radius 1 is 0.397 bits per heavy atom. The van der Waals surface area contributed by atoms with Crippen LogP contribution in [0.3, 0.4) is 0 Å².